The molecule has 2 atom stereocenters. The van der Waals surface area contributed by atoms with Gasteiger partial charge in [0.05, 0.1) is 52.9 Å². The van der Waals surface area contributed by atoms with Crippen molar-refractivity contribution in [2.45, 2.75) is 33.5 Å². The molecular weight excluding hydrogens is 336 g/mol. The molecule has 0 heterocycles. The van der Waals surface area contributed by atoms with Gasteiger partial charge >= 0.3 is 5.97 Å². The summed E-state index contributed by atoms with van der Waals surface area (Å²) >= 11 is 0. The molecule has 0 aromatic heterocycles. The van der Waals surface area contributed by atoms with Crippen LogP contribution in [0.25, 0.3) is 0 Å². The van der Waals surface area contributed by atoms with Gasteiger partial charge in [0.1, 0.15) is 0 Å². The Bertz CT molecular complexity index is 465. The zero-order chi connectivity index (χ0) is 19.0. The molecule has 0 radical (unpaired) electrons. The van der Waals surface area contributed by atoms with Crippen LogP contribution in [-0.4, -0.2) is 58.3 Å². The Morgan fingerprint density at radius 3 is 2.19 bits per heavy atom. The molecule has 26 heavy (non-hydrogen) atoms. The maximum atomic E-state index is 11.4. The third kappa shape index (κ3) is 11.2. The largest absolute Gasteiger partial charge is 0.464 e. The molecule has 0 bridgehead atoms. The van der Waals surface area contributed by atoms with Gasteiger partial charge in [-0.15, -0.1) is 0 Å². The third-order valence-corrected chi connectivity index (χ3v) is 3.50. The number of esters is 1. The molecule has 0 aliphatic heterocycles. The van der Waals surface area contributed by atoms with E-state index in [0.29, 0.717) is 52.9 Å². The molecule has 0 N–H and O–H groups in total. The second-order valence-electron chi connectivity index (χ2n) is 6.06. The van der Waals surface area contributed by atoms with Gasteiger partial charge in [-0.25, -0.2) is 4.79 Å². The van der Waals surface area contributed by atoms with E-state index < -0.39 is 6.10 Å². The number of carbonyl (C=O) groups excluding carboxylic acids is 1. The molecule has 6 heteroatoms. The van der Waals surface area contributed by atoms with Crippen molar-refractivity contribution in [1.29, 1.82) is 0 Å². The standard InChI is InChI=1S/C20H32O6/c1-4-25-20(21)18(3)26-13-12-23-15-17(2)14-22-10-11-24-16-19-8-6-5-7-9-19/h5-9,17-18H,4,10-16H2,1-3H3/t17?,18-/m0/s1. The summed E-state index contributed by atoms with van der Waals surface area (Å²) < 4.78 is 26.9. The Morgan fingerprint density at radius 1 is 0.923 bits per heavy atom. The Balaban J connectivity index is 1.90. The number of hydrogen-bond donors (Lipinski definition) is 0. The second kappa shape index (κ2) is 14.7. The van der Waals surface area contributed by atoms with Crippen LogP contribution in [0.2, 0.25) is 0 Å². The van der Waals surface area contributed by atoms with Crippen molar-refractivity contribution < 1.29 is 28.5 Å². The number of rotatable bonds is 15. The molecule has 0 saturated heterocycles. The van der Waals surface area contributed by atoms with Gasteiger partial charge in [0.15, 0.2) is 6.10 Å². The van der Waals surface area contributed by atoms with Crippen LogP contribution in [0.3, 0.4) is 0 Å². The normalized spacial score (nSPS) is 13.3. The van der Waals surface area contributed by atoms with Gasteiger partial charge in [-0.3, -0.25) is 0 Å². The van der Waals surface area contributed by atoms with Crippen LogP contribution in [0.1, 0.15) is 26.3 Å². The van der Waals surface area contributed by atoms with Crippen LogP contribution in [0, 0.1) is 5.92 Å². The molecular formula is C20H32O6. The Hall–Kier alpha value is -1.47. The lowest BCUT2D eigenvalue weighted by Gasteiger charge is -2.14. The number of ether oxygens (including phenoxy) is 5. The summed E-state index contributed by atoms with van der Waals surface area (Å²) in [6.07, 6.45) is -0.560. The van der Waals surface area contributed by atoms with Crippen LogP contribution in [0.15, 0.2) is 30.3 Å². The van der Waals surface area contributed by atoms with E-state index in [1.54, 1.807) is 13.8 Å². The average molecular weight is 368 g/mol. The molecule has 148 valence electrons. The van der Waals surface area contributed by atoms with Crippen molar-refractivity contribution in [3.8, 4) is 0 Å². The van der Waals surface area contributed by atoms with E-state index in [1.165, 1.54) is 0 Å². The molecule has 0 aliphatic rings. The van der Waals surface area contributed by atoms with E-state index in [-0.39, 0.29) is 11.9 Å². The van der Waals surface area contributed by atoms with E-state index in [9.17, 15) is 4.79 Å². The molecule has 1 unspecified atom stereocenters. The van der Waals surface area contributed by atoms with Crippen molar-refractivity contribution in [2.24, 2.45) is 5.92 Å². The molecule has 1 aromatic carbocycles. The maximum absolute atomic E-state index is 11.4. The lowest BCUT2D eigenvalue weighted by Crippen LogP contribution is -2.25. The first-order valence-corrected chi connectivity index (χ1v) is 9.18. The summed E-state index contributed by atoms with van der Waals surface area (Å²) in [6.45, 7) is 9.62. The number of carbonyl (C=O) groups is 1. The topological polar surface area (TPSA) is 63.2 Å². The Labute approximate surface area is 156 Å². The van der Waals surface area contributed by atoms with Gasteiger partial charge in [-0.1, -0.05) is 37.3 Å². The minimum Gasteiger partial charge on any atom is -0.464 e. The van der Waals surface area contributed by atoms with Crippen molar-refractivity contribution in [2.75, 3.05) is 46.2 Å². The fraction of sp³-hybridized carbons (Fsp3) is 0.650. The predicted molar refractivity (Wildman–Crippen MR) is 98.9 cm³/mol. The lowest BCUT2D eigenvalue weighted by molar-refractivity contribution is -0.156. The molecule has 0 aliphatic carbocycles. The van der Waals surface area contributed by atoms with Crippen molar-refractivity contribution in [1.82, 2.24) is 0 Å². The van der Waals surface area contributed by atoms with Crippen LogP contribution >= 0.6 is 0 Å². The van der Waals surface area contributed by atoms with E-state index in [0.717, 1.165) is 5.56 Å². The number of benzene rings is 1. The van der Waals surface area contributed by atoms with E-state index in [2.05, 4.69) is 6.92 Å². The monoisotopic (exact) mass is 368 g/mol. The molecule has 1 aromatic rings. The minimum atomic E-state index is -0.560. The first kappa shape index (κ1) is 22.6. The van der Waals surface area contributed by atoms with E-state index in [1.807, 2.05) is 30.3 Å². The summed E-state index contributed by atoms with van der Waals surface area (Å²) in [4.78, 5) is 11.4. The van der Waals surface area contributed by atoms with E-state index in [4.69, 9.17) is 23.7 Å². The van der Waals surface area contributed by atoms with Crippen molar-refractivity contribution >= 4 is 5.97 Å². The minimum absolute atomic E-state index is 0.284. The second-order valence-corrected chi connectivity index (χ2v) is 6.06. The smallest absolute Gasteiger partial charge is 0.334 e. The quantitative estimate of drug-likeness (QED) is 0.350. The van der Waals surface area contributed by atoms with Crippen LogP contribution in [0.5, 0.6) is 0 Å². The summed E-state index contributed by atoms with van der Waals surface area (Å²) in [5.41, 5.74) is 1.16. The molecule has 1 rings (SSSR count). The van der Waals surface area contributed by atoms with Gasteiger partial charge in [0.2, 0.25) is 0 Å². The van der Waals surface area contributed by atoms with Gasteiger partial charge in [-0.2, -0.15) is 0 Å². The van der Waals surface area contributed by atoms with Crippen molar-refractivity contribution in [3.05, 3.63) is 35.9 Å². The Morgan fingerprint density at radius 2 is 1.54 bits per heavy atom. The maximum Gasteiger partial charge on any atom is 0.334 e. The van der Waals surface area contributed by atoms with Crippen LogP contribution in [0.4, 0.5) is 0 Å². The summed E-state index contributed by atoms with van der Waals surface area (Å²) in [6, 6.07) is 10.1. The fourth-order valence-corrected chi connectivity index (χ4v) is 2.11. The highest BCUT2D eigenvalue weighted by Gasteiger charge is 2.13. The molecule has 0 fully saturated rings. The predicted octanol–water partition coefficient (Wildman–Crippen LogP) is 2.84. The third-order valence-electron chi connectivity index (χ3n) is 3.50. The summed E-state index contributed by atoms with van der Waals surface area (Å²) in [5, 5.41) is 0. The SMILES string of the molecule is CCOC(=O)[C@H](C)OCCOCC(C)COCCOCc1ccccc1. The highest BCUT2D eigenvalue weighted by molar-refractivity contribution is 5.74. The number of hydrogen-bond acceptors (Lipinski definition) is 6. The van der Waals surface area contributed by atoms with Gasteiger partial charge in [-0.05, 0) is 19.4 Å². The van der Waals surface area contributed by atoms with Crippen molar-refractivity contribution in [3.63, 3.8) is 0 Å². The lowest BCUT2D eigenvalue weighted by atomic mass is 10.2. The van der Waals surface area contributed by atoms with Gasteiger partial charge in [0.25, 0.3) is 0 Å². The molecule has 0 spiro atoms. The zero-order valence-electron chi connectivity index (χ0n) is 16.1. The summed E-state index contributed by atoms with van der Waals surface area (Å²) in [5.74, 6) is -0.0599. The fourth-order valence-electron chi connectivity index (χ4n) is 2.11. The molecule has 0 saturated carbocycles. The van der Waals surface area contributed by atoms with E-state index >= 15 is 0 Å². The zero-order valence-corrected chi connectivity index (χ0v) is 16.1. The average Bonchev–Trinajstić information content (AvgIpc) is 2.65. The first-order valence-electron chi connectivity index (χ1n) is 9.18. The van der Waals surface area contributed by atoms with Crippen LogP contribution in [-0.2, 0) is 35.1 Å². The first-order chi connectivity index (χ1) is 12.6. The van der Waals surface area contributed by atoms with Crippen LogP contribution < -0.4 is 0 Å². The highest BCUT2D eigenvalue weighted by Crippen LogP contribution is 2.01. The molecule has 6 nitrogen and oxygen atoms in total. The van der Waals surface area contributed by atoms with Gasteiger partial charge < -0.3 is 23.7 Å². The van der Waals surface area contributed by atoms with Gasteiger partial charge in [0, 0.05) is 5.92 Å². The highest BCUT2D eigenvalue weighted by atomic mass is 16.6. The molecule has 0 amide bonds. The summed E-state index contributed by atoms with van der Waals surface area (Å²) in [7, 11) is 0. The Kier molecular flexibility index (Phi) is 12.7.